The van der Waals surface area contributed by atoms with Gasteiger partial charge in [0.1, 0.15) is 6.79 Å². The third kappa shape index (κ3) is 156. The van der Waals surface area contributed by atoms with Crippen LogP contribution in [-0.2, 0) is 9.36 Å². The molecule has 5 nitrogen and oxygen atoms in total. The summed E-state index contributed by atoms with van der Waals surface area (Å²) in [6.07, 6.45) is 0. The molecular formula is CH2CaNaO5P. The van der Waals surface area contributed by atoms with Crippen molar-refractivity contribution in [3.05, 3.63) is 0 Å². The number of phosphoric acid groups is 1. The third-order valence-electron chi connectivity index (χ3n) is 0. The van der Waals surface area contributed by atoms with Gasteiger partial charge in [-0.05, 0) is 0 Å². The van der Waals surface area contributed by atoms with Gasteiger partial charge >= 0.3 is 67.3 Å². The first-order valence-corrected chi connectivity index (χ1v) is 2.48. The first-order chi connectivity index (χ1) is 3.00. The molecule has 0 aliphatic rings. The Kier molecular flexibility index (Phi) is 31.7. The zero-order valence-electron chi connectivity index (χ0n) is 4.90. The molecule has 0 radical (unpaired) electrons. The molecular weight excluding hydrogens is 186 g/mol. The van der Waals surface area contributed by atoms with Crippen LogP contribution in [0.15, 0.2) is 0 Å². The second kappa shape index (κ2) is 12.7. The normalized spacial score (nSPS) is 7.00. The van der Waals surface area contributed by atoms with E-state index in [4.69, 9.17) is 24.0 Å². The Balaban J connectivity index is -0.0000000286. The predicted molar refractivity (Wildman–Crippen MR) is 20.5 cm³/mol. The zero-order valence-corrected chi connectivity index (χ0v) is 10.0. The molecule has 0 saturated heterocycles. The van der Waals surface area contributed by atoms with Crippen molar-refractivity contribution >= 4 is 52.4 Å². The molecule has 0 spiro atoms. The first-order valence-electron chi connectivity index (χ1n) is 1.02. The van der Waals surface area contributed by atoms with Crippen LogP contribution < -0.4 is 44.2 Å². The molecule has 0 bridgehead atoms. The van der Waals surface area contributed by atoms with Gasteiger partial charge in [-0.15, -0.1) is 0 Å². The summed E-state index contributed by atoms with van der Waals surface area (Å²) in [6.45, 7) is 2.00. The number of hydrogen-bond donors (Lipinski definition) is 0. The average molecular weight is 188 g/mol. The van der Waals surface area contributed by atoms with Crippen LogP contribution in [0.4, 0.5) is 0 Å². The van der Waals surface area contributed by atoms with Crippen LogP contribution in [0, 0.1) is 0 Å². The van der Waals surface area contributed by atoms with Crippen molar-refractivity contribution in [3.63, 3.8) is 0 Å². The minimum absolute atomic E-state index is 0. The van der Waals surface area contributed by atoms with Gasteiger partial charge in [-0.1, -0.05) is 0 Å². The number of hydrogen-bond acceptors (Lipinski definition) is 5. The molecule has 0 aromatic carbocycles. The summed E-state index contributed by atoms with van der Waals surface area (Å²) in [5, 5.41) is 0. The largest absolute Gasteiger partial charge is 2.00 e. The topological polar surface area (TPSA) is 103 Å². The summed E-state index contributed by atoms with van der Waals surface area (Å²) in [7, 11) is -5.39. The second-order valence-electron chi connectivity index (χ2n) is 0.447. The summed E-state index contributed by atoms with van der Waals surface area (Å²) >= 11 is 0. The quantitative estimate of drug-likeness (QED) is 0.278. The van der Waals surface area contributed by atoms with Crippen molar-refractivity contribution in [2.45, 2.75) is 0 Å². The maximum Gasteiger partial charge on any atom is 2.00 e. The minimum atomic E-state index is -5.39. The Morgan fingerprint density at radius 2 is 1.11 bits per heavy atom. The van der Waals surface area contributed by atoms with Gasteiger partial charge in [0, 0.05) is 0 Å². The summed E-state index contributed by atoms with van der Waals surface area (Å²) in [5.74, 6) is 0. The zero-order chi connectivity index (χ0) is 6.50. The van der Waals surface area contributed by atoms with Gasteiger partial charge in [-0.3, -0.25) is 0 Å². The van der Waals surface area contributed by atoms with Crippen LogP contribution in [0.2, 0.25) is 0 Å². The van der Waals surface area contributed by atoms with Crippen LogP contribution in [-0.4, -0.2) is 44.5 Å². The van der Waals surface area contributed by atoms with E-state index in [0.717, 1.165) is 0 Å². The molecule has 0 unspecified atom stereocenters. The van der Waals surface area contributed by atoms with Gasteiger partial charge in [-0.25, -0.2) is 0 Å². The summed E-state index contributed by atoms with van der Waals surface area (Å²) in [5.41, 5.74) is 0. The Morgan fingerprint density at radius 3 is 1.11 bits per heavy atom. The molecule has 8 heteroatoms. The average Bonchev–Trinajstić information content (AvgIpc) is 1.36. The van der Waals surface area contributed by atoms with Gasteiger partial charge in [0.25, 0.3) is 0 Å². The van der Waals surface area contributed by atoms with Crippen molar-refractivity contribution < 1.29 is 53.6 Å². The maximum absolute atomic E-state index is 8.55. The molecule has 0 aliphatic carbocycles. The van der Waals surface area contributed by atoms with E-state index >= 15 is 0 Å². The fourth-order valence-electron chi connectivity index (χ4n) is 0. The Labute approximate surface area is 104 Å². The molecule has 0 aliphatic heterocycles. The molecule has 0 N–H and O–H groups in total. The van der Waals surface area contributed by atoms with Gasteiger partial charge in [0.05, 0.1) is 0 Å². The molecule has 0 fully saturated rings. The van der Waals surface area contributed by atoms with Crippen LogP contribution in [0.25, 0.3) is 0 Å². The van der Waals surface area contributed by atoms with Crippen molar-refractivity contribution in [2.24, 2.45) is 0 Å². The number of carbonyl (C=O) groups is 1. The van der Waals surface area contributed by atoms with Crippen LogP contribution in [0.1, 0.15) is 0 Å². The Bertz CT molecular complexity index is 72.8. The molecule has 0 atom stereocenters. The third-order valence-corrected chi connectivity index (χ3v) is 0. The van der Waals surface area contributed by atoms with Crippen LogP contribution in [0.5, 0.6) is 0 Å². The molecule has 0 aromatic heterocycles. The number of rotatable bonds is 0. The standard InChI is InChI=1S/CH2O.Ca.Na.H3O4P/c1-2;;;1-5(2,3)4/h1H2;;;(H3,1,2,3,4)/q;+2;+1;/p-3. The van der Waals surface area contributed by atoms with Crippen LogP contribution >= 0.6 is 7.82 Å². The maximum atomic E-state index is 8.55. The smallest absolute Gasteiger partial charge is 0.822 e. The van der Waals surface area contributed by atoms with E-state index < -0.39 is 7.82 Å². The van der Waals surface area contributed by atoms with E-state index in [0.29, 0.717) is 0 Å². The van der Waals surface area contributed by atoms with Gasteiger partial charge < -0.3 is 24.0 Å². The van der Waals surface area contributed by atoms with E-state index in [1.807, 2.05) is 6.79 Å². The Hall–Kier alpha value is 2.04. The van der Waals surface area contributed by atoms with Gasteiger partial charge in [0.15, 0.2) is 0 Å². The monoisotopic (exact) mass is 188 g/mol. The summed E-state index contributed by atoms with van der Waals surface area (Å²) < 4.78 is 8.55. The van der Waals surface area contributed by atoms with Gasteiger partial charge in [0.2, 0.25) is 0 Å². The molecule has 0 amide bonds. The SMILES string of the molecule is C=O.O=P([O-])([O-])[O-].[Ca+2].[Na+]. The van der Waals surface area contributed by atoms with Crippen molar-refractivity contribution in [2.75, 3.05) is 0 Å². The van der Waals surface area contributed by atoms with E-state index in [9.17, 15) is 0 Å². The van der Waals surface area contributed by atoms with Crippen molar-refractivity contribution in [1.29, 1.82) is 0 Å². The van der Waals surface area contributed by atoms with E-state index in [2.05, 4.69) is 0 Å². The number of carbonyl (C=O) groups excluding carboxylic acids is 1. The molecule has 44 valence electrons. The van der Waals surface area contributed by atoms with Crippen molar-refractivity contribution in [1.82, 2.24) is 0 Å². The van der Waals surface area contributed by atoms with Gasteiger partial charge in [-0.2, -0.15) is 7.82 Å². The van der Waals surface area contributed by atoms with E-state index in [1.54, 1.807) is 0 Å². The molecule has 0 saturated carbocycles. The first kappa shape index (κ1) is 22.5. The van der Waals surface area contributed by atoms with E-state index in [1.165, 1.54) is 0 Å². The molecule has 0 rings (SSSR count). The fourth-order valence-corrected chi connectivity index (χ4v) is 0. The summed E-state index contributed by atoms with van der Waals surface area (Å²) in [4.78, 5) is 33.6. The Morgan fingerprint density at radius 1 is 1.11 bits per heavy atom. The molecule has 9 heavy (non-hydrogen) atoms. The molecule has 0 aromatic rings. The second-order valence-corrected chi connectivity index (χ2v) is 1.34. The van der Waals surface area contributed by atoms with E-state index in [-0.39, 0.29) is 67.3 Å². The predicted octanol–water partition coefficient (Wildman–Crippen LogP) is -6.39. The minimum Gasteiger partial charge on any atom is -0.822 e. The van der Waals surface area contributed by atoms with Crippen LogP contribution in [0.3, 0.4) is 0 Å². The molecule has 0 heterocycles. The fraction of sp³-hybridized carbons (Fsp3) is 0. The van der Waals surface area contributed by atoms with Crippen molar-refractivity contribution in [3.8, 4) is 0 Å². The summed E-state index contributed by atoms with van der Waals surface area (Å²) in [6, 6.07) is 0.